The second-order valence-corrected chi connectivity index (χ2v) is 7.66. The quantitative estimate of drug-likeness (QED) is 0.861. The van der Waals surface area contributed by atoms with E-state index >= 15 is 0 Å². The Bertz CT molecular complexity index is 833. The number of benzene rings is 1. The number of amides is 1. The maximum atomic E-state index is 13.0. The Morgan fingerprint density at radius 3 is 2.65 bits per heavy atom. The van der Waals surface area contributed by atoms with Crippen LogP contribution in [0.3, 0.4) is 0 Å². The molecule has 0 unspecified atom stereocenters. The zero-order valence-corrected chi connectivity index (χ0v) is 15.0. The molecule has 5 nitrogen and oxygen atoms in total. The van der Waals surface area contributed by atoms with Crippen LogP contribution in [-0.4, -0.2) is 52.2 Å². The number of hydrogen-bond donors (Lipinski definition) is 2. The molecule has 1 saturated carbocycles. The Morgan fingerprint density at radius 1 is 1.23 bits per heavy atom. The summed E-state index contributed by atoms with van der Waals surface area (Å²) in [5.41, 5.74) is 1.06. The molecular weight excluding hydrogens is 357 g/mol. The third-order valence-electron chi connectivity index (χ3n) is 5.43. The molecule has 1 saturated heterocycles. The van der Waals surface area contributed by atoms with Crippen LogP contribution < -0.4 is 5.32 Å². The molecule has 1 aromatic heterocycles. The van der Waals surface area contributed by atoms with Gasteiger partial charge in [-0.1, -0.05) is 11.6 Å². The topological polar surface area (TPSA) is 65.5 Å². The van der Waals surface area contributed by atoms with Crippen molar-refractivity contribution in [1.29, 1.82) is 0 Å². The molecule has 1 aliphatic carbocycles. The lowest BCUT2D eigenvalue weighted by Crippen LogP contribution is -2.55. The number of likely N-dealkylation sites (tertiary alicyclic amines) is 1. The number of nitrogens with zero attached hydrogens (tertiary/aromatic N) is 2. The highest BCUT2D eigenvalue weighted by Crippen LogP contribution is 2.29. The molecule has 0 bridgehead atoms. The third kappa shape index (κ3) is 3.48. The lowest BCUT2D eigenvalue weighted by Gasteiger charge is -2.43. The summed E-state index contributed by atoms with van der Waals surface area (Å²) in [5, 5.41) is 13.7. The predicted molar refractivity (Wildman–Crippen MR) is 98.4 cm³/mol. The molecule has 2 aromatic rings. The van der Waals surface area contributed by atoms with Crippen LogP contribution in [0.5, 0.6) is 5.75 Å². The van der Waals surface area contributed by atoms with Gasteiger partial charge in [0.2, 0.25) is 0 Å². The van der Waals surface area contributed by atoms with Gasteiger partial charge >= 0.3 is 0 Å². The summed E-state index contributed by atoms with van der Waals surface area (Å²) in [6.07, 6.45) is 4.64. The fraction of sp³-hybridized carbons (Fsp3) is 0.474. The van der Waals surface area contributed by atoms with Crippen LogP contribution in [0.4, 0.5) is 4.39 Å². The fourth-order valence-electron chi connectivity index (χ4n) is 3.87. The standard InChI is InChI=1S/C19H21ClFN3O2/c20-16-6-11-5-12(8-22-17(11)7-18(16)25)19(26)23-14-1-3-15(4-2-14)24-9-13(21)10-24/h5-8,13-15,25H,1-4,9-10H2,(H,23,26). The molecule has 7 heteroatoms. The molecule has 0 radical (unpaired) electrons. The predicted octanol–water partition coefficient (Wildman–Crippen LogP) is 3.29. The molecule has 1 aromatic carbocycles. The average Bonchev–Trinajstić information content (AvgIpc) is 2.60. The highest BCUT2D eigenvalue weighted by atomic mass is 35.5. The highest BCUT2D eigenvalue weighted by Gasteiger charge is 2.34. The number of carbonyl (C=O) groups excluding carboxylic acids is 1. The number of aromatic hydroxyl groups is 1. The number of aromatic nitrogens is 1. The van der Waals surface area contributed by atoms with Crippen LogP contribution in [0.15, 0.2) is 24.4 Å². The first-order valence-corrected chi connectivity index (χ1v) is 9.34. The van der Waals surface area contributed by atoms with Crippen LogP contribution in [0.1, 0.15) is 36.0 Å². The lowest BCUT2D eigenvalue weighted by atomic mass is 9.88. The van der Waals surface area contributed by atoms with Gasteiger partial charge in [0.15, 0.2) is 0 Å². The van der Waals surface area contributed by atoms with Gasteiger partial charge in [0.25, 0.3) is 5.91 Å². The molecule has 4 rings (SSSR count). The second-order valence-electron chi connectivity index (χ2n) is 7.25. The third-order valence-corrected chi connectivity index (χ3v) is 5.73. The number of phenolic OH excluding ortho intramolecular Hbond substituents is 1. The minimum Gasteiger partial charge on any atom is -0.506 e. The summed E-state index contributed by atoms with van der Waals surface area (Å²) in [6.45, 7) is 1.12. The molecule has 138 valence electrons. The van der Waals surface area contributed by atoms with E-state index in [9.17, 15) is 14.3 Å². The molecule has 2 aliphatic rings. The number of phenols is 1. The van der Waals surface area contributed by atoms with E-state index in [2.05, 4.69) is 15.2 Å². The van der Waals surface area contributed by atoms with Crippen LogP contribution in [0.2, 0.25) is 5.02 Å². The maximum absolute atomic E-state index is 13.0. The molecule has 1 aliphatic heterocycles. The summed E-state index contributed by atoms with van der Waals surface area (Å²) in [7, 11) is 0. The van der Waals surface area contributed by atoms with Gasteiger partial charge in [-0.3, -0.25) is 14.7 Å². The normalized spacial score (nSPS) is 24.4. The van der Waals surface area contributed by atoms with Gasteiger partial charge in [-0.2, -0.15) is 0 Å². The smallest absolute Gasteiger partial charge is 0.253 e. The van der Waals surface area contributed by atoms with Gasteiger partial charge in [0, 0.05) is 42.8 Å². The van der Waals surface area contributed by atoms with Gasteiger partial charge in [-0.15, -0.1) is 0 Å². The Labute approximate surface area is 156 Å². The van der Waals surface area contributed by atoms with E-state index in [4.69, 9.17) is 11.6 Å². The highest BCUT2D eigenvalue weighted by molar-refractivity contribution is 6.32. The molecule has 0 spiro atoms. The van der Waals surface area contributed by atoms with Crippen LogP contribution >= 0.6 is 11.6 Å². The van der Waals surface area contributed by atoms with E-state index in [0.717, 1.165) is 25.7 Å². The van der Waals surface area contributed by atoms with E-state index in [0.29, 0.717) is 35.6 Å². The zero-order chi connectivity index (χ0) is 18.3. The SMILES string of the molecule is O=C(NC1CCC(N2CC(F)C2)CC1)c1cnc2cc(O)c(Cl)cc2c1. The van der Waals surface area contributed by atoms with Gasteiger partial charge < -0.3 is 10.4 Å². The lowest BCUT2D eigenvalue weighted by molar-refractivity contribution is 0.0110. The first-order chi connectivity index (χ1) is 12.5. The van der Waals surface area contributed by atoms with E-state index < -0.39 is 6.17 Å². The number of rotatable bonds is 3. The van der Waals surface area contributed by atoms with Gasteiger partial charge in [-0.05, 0) is 37.8 Å². The Morgan fingerprint density at radius 2 is 1.96 bits per heavy atom. The van der Waals surface area contributed by atoms with E-state index in [1.165, 1.54) is 12.3 Å². The number of alkyl halides is 1. The molecular formula is C19H21ClFN3O2. The Kier molecular flexibility index (Phi) is 4.71. The second kappa shape index (κ2) is 7.00. The minimum absolute atomic E-state index is 0.0260. The number of fused-ring (bicyclic) bond motifs is 1. The summed E-state index contributed by atoms with van der Waals surface area (Å²) in [6, 6.07) is 5.41. The average molecular weight is 378 g/mol. The van der Waals surface area contributed by atoms with E-state index in [1.807, 2.05) is 0 Å². The van der Waals surface area contributed by atoms with E-state index in [1.54, 1.807) is 12.1 Å². The number of hydrogen-bond acceptors (Lipinski definition) is 4. The first kappa shape index (κ1) is 17.5. The van der Waals surface area contributed by atoms with Crippen molar-refractivity contribution in [1.82, 2.24) is 15.2 Å². The fourth-order valence-corrected chi connectivity index (χ4v) is 4.04. The first-order valence-electron chi connectivity index (χ1n) is 8.97. The molecule has 2 heterocycles. The van der Waals surface area contributed by atoms with Gasteiger partial charge in [-0.25, -0.2) is 4.39 Å². The van der Waals surface area contributed by atoms with Crippen LogP contribution in [0.25, 0.3) is 10.9 Å². The van der Waals surface area contributed by atoms with Crippen molar-refractivity contribution in [3.63, 3.8) is 0 Å². The molecule has 26 heavy (non-hydrogen) atoms. The summed E-state index contributed by atoms with van der Waals surface area (Å²) < 4.78 is 13.0. The van der Waals surface area contributed by atoms with Gasteiger partial charge in [0.1, 0.15) is 11.9 Å². The van der Waals surface area contributed by atoms with Crippen LogP contribution in [-0.2, 0) is 0 Å². The number of halogens is 2. The number of pyridine rings is 1. The van der Waals surface area contributed by atoms with Crippen LogP contribution in [0, 0.1) is 0 Å². The summed E-state index contributed by atoms with van der Waals surface area (Å²) >= 11 is 5.93. The molecule has 2 N–H and O–H groups in total. The van der Waals surface area contributed by atoms with Crippen molar-refractivity contribution >= 4 is 28.4 Å². The summed E-state index contributed by atoms with van der Waals surface area (Å²) in [5.74, 6) is -0.179. The van der Waals surface area contributed by atoms with Crippen molar-refractivity contribution < 1.29 is 14.3 Å². The minimum atomic E-state index is -0.664. The maximum Gasteiger partial charge on any atom is 0.253 e. The van der Waals surface area contributed by atoms with E-state index in [-0.39, 0.29) is 22.7 Å². The Hall–Kier alpha value is -1.92. The monoisotopic (exact) mass is 377 g/mol. The van der Waals surface area contributed by atoms with Crippen molar-refractivity contribution in [2.45, 2.75) is 43.9 Å². The number of nitrogens with one attached hydrogen (secondary N) is 1. The van der Waals surface area contributed by atoms with Crippen molar-refractivity contribution in [3.8, 4) is 5.75 Å². The Balaban J connectivity index is 1.37. The largest absolute Gasteiger partial charge is 0.506 e. The summed E-state index contributed by atoms with van der Waals surface area (Å²) in [4.78, 5) is 19.0. The van der Waals surface area contributed by atoms with Crippen molar-refractivity contribution in [3.05, 3.63) is 35.0 Å². The molecule has 2 fully saturated rings. The van der Waals surface area contributed by atoms with Crippen molar-refractivity contribution in [2.75, 3.05) is 13.1 Å². The van der Waals surface area contributed by atoms with Gasteiger partial charge in [0.05, 0.1) is 16.1 Å². The molecule has 1 amide bonds. The number of carbonyl (C=O) groups is 1. The van der Waals surface area contributed by atoms with Crippen molar-refractivity contribution in [2.24, 2.45) is 0 Å². The zero-order valence-electron chi connectivity index (χ0n) is 14.3. The molecule has 0 atom stereocenters.